The second-order valence-corrected chi connectivity index (χ2v) is 4.49. The largest absolute Gasteiger partial charge is 0.329 e. The molecule has 1 aromatic rings. The molecule has 1 aromatic heterocycles. The van der Waals surface area contributed by atoms with Crippen molar-refractivity contribution in [1.82, 2.24) is 9.88 Å². The Morgan fingerprint density at radius 3 is 3.06 bits per heavy atom. The lowest BCUT2D eigenvalue weighted by Gasteiger charge is -2.34. The minimum absolute atomic E-state index is 0.0888. The molecule has 0 spiro atoms. The van der Waals surface area contributed by atoms with Gasteiger partial charge in [-0.15, -0.1) is 0 Å². The molecule has 0 amide bonds. The van der Waals surface area contributed by atoms with Gasteiger partial charge < -0.3 is 5.73 Å². The first-order chi connectivity index (χ1) is 8.31. The molecule has 2 heterocycles. The summed E-state index contributed by atoms with van der Waals surface area (Å²) in [6.07, 6.45) is 5.14. The molecule has 17 heavy (non-hydrogen) atoms. The number of carbonyl (C=O) groups is 1. The number of ketones is 1. The summed E-state index contributed by atoms with van der Waals surface area (Å²) in [5, 5.41) is 0. The van der Waals surface area contributed by atoms with Gasteiger partial charge in [0.25, 0.3) is 0 Å². The Morgan fingerprint density at radius 2 is 2.35 bits per heavy atom. The van der Waals surface area contributed by atoms with E-state index >= 15 is 0 Å². The number of nitrogens with two attached hydrogens (primary N) is 1. The first-order valence-electron chi connectivity index (χ1n) is 6.19. The number of hydrogen-bond donors (Lipinski definition) is 1. The molecule has 0 unspecified atom stereocenters. The highest BCUT2D eigenvalue weighted by molar-refractivity contribution is 5.95. The maximum absolute atomic E-state index is 12.0. The van der Waals surface area contributed by atoms with E-state index in [1.165, 1.54) is 6.42 Å². The number of likely N-dealkylation sites (tertiary alicyclic amines) is 1. The van der Waals surface area contributed by atoms with Gasteiger partial charge in [-0.3, -0.25) is 14.7 Å². The second kappa shape index (κ2) is 5.89. The minimum Gasteiger partial charge on any atom is -0.329 e. The normalized spacial score (nSPS) is 21.4. The Balaban J connectivity index is 1.98. The number of Topliss-reactive ketones (excluding diaryl/α,β-unsaturated/α-hetero) is 1. The van der Waals surface area contributed by atoms with Crippen LogP contribution in [0.4, 0.5) is 0 Å². The Labute approximate surface area is 102 Å². The fourth-order valence-electron chi connectivity index (χ4n) is 2.33. The van der Waals surface area contributed by atoms with Crippen molar-refractivity contribution in [1.29, 1.82) is 0 Å². The highest BCUT2D eigenvalue weighted by Gasteiger charge is 2.23. The molecule has 0 bridgehead atoms. The van der Waals surface area contributed by atoms with E-state index < -0.39 is 0 Å². The highest BCUT2D eigenvalue weighted by Crippen LogP contribution is 2.16. The van der Waals surface area contributed by atoms with Crippen LogP contribution in [0.25, 0.3) is 0 Å². The zero-order chi connectivity index (χ0) is 12.1. The lowest BCUT2D eigenvalue weighted by molar-refractivity contribution is 0.0846. The highest BCUT2D eigenvalue weighted by atomic mass is 16.1. The van der Waals surface area contributed by atoms with Crippen molar-refractivity contribution >= 4 is 5.78 Å². The van der Waals surface area contributed by atoms with Crippen LogP contribution in [0.1, 0.15) is 29.8 Å². The summed E-state index contributed by atoms with van der Waals surface area (Å²) in [4.78, 5) is 18.3. The van der Waals surface area contributed by atoms with Gasteiger partial charge in [-0.25, -0.2) is 0 Å². The van der Waals surface area contributed by atoms with Gasteiger partial charge in [-0.1, -0.05) is 12.5 Å². The number of rotatable bonds is 4. The second-order valence-electron chi connectivity index (χ2n) is 4.49. The van der Waals surface area contributed by atoms with Gasteiger partial charge in [0.1, 0.15) is 5.69 Å². The van der Waals surface area contributed by atoms with Crippen LogP contribution in [0.5, 0.6) is 0 Å². The molecule has 2 N–H and O–H groups in total. The summed E-state index contributed by atoms with van der Waals surface area (Å²) in [6.45, 7) is 2.05. The summed E-state index contributed by atoms with van der Waals surface area (Å²) >= 11 is 0. The van der Waals surface area contributed by atoms with E-state index in [1.54, 1.807) is 12.3 Å². The molecule has 4 heteroatoms. The summed E-state index contributed by atoms with van der Waals surface area (Å²) in [5.74, 6) is 0.0888. The van der Waals surface area contributed by atoms with Gasteiger partial charge in [0.2, 0.25) is 0 Å². The Bertz CT molecular complexity index is 366. The van der Waals surface area contributed by atoms with E-state index in [0.717, 1.165) is 19.4 Å². The summed E-state index contributed by atoms with van der Waals surface area (Å²) in [5.41, 5.74) is 6.29. The van der Waals surface area contributed by atoms with Crippen LogP contribution in [-0.4, -0.2) is 41.3 Å². The number of pyridine rings is 1. The number of hydrogen-bond acceptors (Lipinski definition) is 4. The van der Waals surface area contributed by atoms with Crippen LogP contribution >= 0.6 is 0 Å². The van der Waals surface area contributed by atoms with Crippen LogP contribution < -0.4 is 5.73 Å². The number of carbonyl (C=O) groups excluding carboxylic acids is 1. The molecule has 1 saturated heterocycles. The molecule has 0 saturated carbocycles. The monoisotopic (exact) mass is 233 g/mol. The predicted molar refractivity (Wildman–Crippen MR) is 66.8 cm³/mol. The molecule has 4 nitrogen and oxygen atoms in total. The first-order valence-corrected chi connectivity index (χ1v) is 6.19. The van der Waals surface area contributed by atoms with Crippen LogP contribution in [-0.2, 0) is 0 Å². The van der Waals surface area contributed by atoms with Crippen LogP contribution in [0.3, 0.4) is 0 Å². The van der Waals surface area contributed by atoms with Gasteiger partial charge in [0.15, 0.2) is 5.78 Å². The van der Waals surface area contributed by atoms with Gasteiger partial charge in [0.05, 0.1) is 6.54 Å². The molecule has 1 aliphatic rings. The summed E-state index contributed by atoms with van der Waals surface area (Å²) in [7, 11) is 0. The van der Waals surface area contributed by atoms with Gasteiger partial charge in [0, 0.05) is 18.8 Å². The van der Waals surface area contributed by atoms with E-state index in [-0.39, 0.29) is 5.78 Å². The maximum atomic E-state index is 12.0. The fourth-order valence-corrected chi connectivity index (χ4v) is 2.33. The average molecular weight is 233 g/mol. The van der Waals surface area contributed by atoms with Crippen LogP contribution in [0.2, 0.25) is 0 Å². The van der Waals surface area contributed by atoms with Crippen molar-refractivity contribution in [2.45, 2.75) is 25.3 Å². The lowest BCUT2D eigenvalue weighted by atomic mass is 10.0. The summed E-state index contributed by atoms with van der Waals surface area (Å²) < 4.78 is 0. The topological polar surface area (TPSA) is 59.2 Å². The molecular weight excluding hydrogens is 214 g/mol. The molecule has 2 rings (SSSR count). The SMILES string of the molecule is NC[C@H]1CCCCN1CC(=O)c1ccccn1. The number of aromatic nitrogens is 1. The maximum Gasteiger partial charge on any atom is 0.195 e. The number of nitrogens with zero attached hydrogens (tertiary/aromatic N) is 2. The van der Waals surface area contributed by atoms with Crippen molar-refractivity contribution < 1.29 is 4.79 Å². The van der Waals surface area contributed by atoms with E-state index in [2.05, 4.69) is 9.88 Å². The van der Waals surface area contributed by atoms with E-state index in [9.17, 15) is 4.79 Å². The third-order valence-electron chi connectivity index (χ3n) is 3.32. The van der Waals surface area contributed by atoms with Crippen molar-refractivity contribution in [2.24, 2.45) is 5.73 Å². The van der Waals surface area contributed by atoms with Crippen molar-refractivity contribution in [2.75, 3.05) is 19.6 Å². The smallest absolute Gasteiger partial charge is 0.195 e. The van der Waals surface area contributed by atoms with Crippen molar-refractivity contribution in [3.8, 4) is 0 Å². The molecule has 1 fully saturated rings. The zero-order valence-electron chi connectivity index (χ0n) is 10.0. The minimum atomic E-state index is 0.0888. The fraction of sp³-hybridized carbons (Fsp3) is 0.538. The number of piperidine rings is 1. The molecule has 0 aliphatic carbocycles. The van der Waals surface area contributed by atoms with Gasteiger partial charge in [-0.05, 0) is 31.5 Å². The third-order valence-corrected chi connectivity index (χ3v) is 3.32. The Morgan fingerprint density at radius 1 is 1.47 bits per heavy atom. The lowest BCUT2D eigenvalue weighted by Crippen LogP contribution is -2.46. The van der Waals surface area contributed by atoms with Crippen molar-refractivity contribution in [3.63, 3.8) is 0 Å². The van der Waals surface area contributed by atoms with Crippen LogP contribution in [0, 0.1) is 0 Å². The quantitative estimate of drug-likeness (QED) is 0.790. The molecule has 92 valence electrons. The van der Waals surface area contributed by atoms with Gasteiger partial charge >= 0.3 is 0 Å². The zero-order valence-corrected chi connectivity index (χ0v) is 10.0. The molecule has 1 atom stereocenters. The van der Waals surface area contributed by atoms with E-state index in [1.807, 2.05) is 12.1 Å². The molecular formula is C13H19N3O. The third kappa shape index (κ3) is 3.11. The Kier molecular flexibility index (Phi) is 4.23. The van der Waals surface area contributed by atoms with Gasteiger partial charge in [-0.2, -0.15) is 0 Å². The van der Waals surface area contributed by atoms with E-state index in [4.69, 9.17) is 5.73 Å². The predicted octanol–water partition coefficient (Wildman–Crippen LogP) is 1.08. The molecule has 0 aromatic carbocycles. The van der Waals surface area contributed by atoms with E-state index in [0.29, 0.717) is 24.8 Å². The standard InChI is InChI=1S/C13H19N3O/c14-9-11-5-2-4-8-16(11)10-13(17)12-6-1-3-7-15-12/h1,3,6-7,11H,2,4-5,8-10,14H2/t11-/m1/s1. The molecule has 1 aliphatic heterocycles. The Hall–Kier alpha value is -1.26. The first kappa shape index (κ1) is 12.2. The average Bonchev–Trinajstić information content (AvgIpc) is 2.40. The summed E-state index contributed by atoms with van der Waals surface area (Å²) in [6, 6.07) is 5.79. The van der Waals surface area contributed by atoms with Crippen LogP contribution in [0.15, 0.2) is 24.4 Å². The van der Waals surface area contributed by atoms with Crippen molar-refractivity contribution in [3.05, 3.63) is 30.1 Å². The molecule has 0 radical (unpaired) electrons.